The summed E-state index contributed by atoms with van der Waals surface area (Å²) in [4.78, 5) is 6.78. The maximum Gasteiger partial charge on any atom is 0.182 e. The summed E-state index contributed by atoms with van der Waals surface area (Å²) in [6, 6.07) is 18.3. The smallest absolute Gasteiger partial charge is 0.182 e. The maximum absolute atomic E-state index is 12.8. The van der Waals surface area contributed by atoms with Crippen molar-refractivity contribution in [3.63, 3.8) is 0 Å². The van der Waals surface area contributed by atoms with Crippen LogP contribution < -0.4 is 15.6 Å². The lowest BCUT2D eigenvalue weighted by Crippen LogP contribution is -2.16. The summed E-state index contributed by atoms with van der Waals surface area (Å²) in [6.07, 6.45) is 3.34. The quantitative estimate of drug-likeness (QED) is 0.290. The van der Waals surface area contributed by atoms with Crippen molar-refractivity contribution in [1.29, 1.82) is 0 Å². The van der Waals surface area contributed by atoms with Crippen LogP contribution >= 0.6 is 0 Å². The molecular weight excluding hydrogens is 450 g/mol. The summed E-state index contributed by atoms with van der Waals surface area (Å²) >= 11 is 0. The summed E-state index contributed by atoms with van der Waals surface area (Å²) in [5.74, 6) is 1.04. The Morgan fingerprint density at radius 3 is 2.50 bits per heavy atom. The standard InChI is InChI=1S/C24H27N7O2S/c1-17(2)34(32,33)21-8-6-5-7-20(21)27-24-15-22(28-23-13-14-26-31(23)24)29-25-16-18-9-11-19(12-10-18)30(3)4/h5-17,27H,1-4H3,(H,28,29)/b25-16+. The van der Waals surface area contributed by atoms with Crippen LogP contribution in [-0.4, -0.2) is 48.6 Å². The van der Waals surface area contributed by atoms with Crippen LogP contribution in [0.1, 0.15) is 19.4 Å². The largest absolute Gasteiger partial charge is 0.378 e. The Bertz CT molecular complexity index is 1430. The summed E-state index contributed by atoms with van der Waals surface area (Å²) in [6.45, 7) is 3.33. The minimum absolute atomic E-state index is 0.232. The molecule has 176 valence electrons. The second kappa shape index (κ2) is 9.52. The fraction of sp³-hybridized carbons (Fsp3) is 0.208. The van der Waals surface area contributed by atoms with Crippen molar-refractivity contribution in [1.82, 2.24) is 14.6 Å². The van der Waals surface area contributed by atoms with Crippen LogP contribution in [0.3, 0.4) is 0 Å². The van der Waals surface area contributed by atoms with E-state index < -0.39 is 15.1 Å². The first kappa shape index (κ1) is 23.2. The zero-order chi connectivity index (χ0) is 24.3. The van der Waals surface area contributed by atoms with Crippen LogP contribution in [-0.2, 0) is 9.84 Å². The lowest BCUT2D eigenvalue weighted by Gasteiger charge is -2.15. The van der Waals surface area contributed by atoms with Gasteiger partial charge in [-0.15, -0.1) is 0 Å². The molecule has 0 bridgehead atoms. The van der Waals surface area contributed by atoms with Crippen molar-refractivity contribution in [2.45, 2.75) is 24.0 Å². The average Bonchev–Trinajstić information content (AvgIpc) is 3.29. The molecule has 0 aliphatic carbocycles. The average molecular weight is 478 g/mol. The van der Waals surface area contributed by atoms with E-state index in [4.69, 9.17) is 0 Å². The number of rotatable bonds is 8. The first-order chi connectivity index (χ1) is 16.3. The van der Waals surface area contributed by atoms with E-state index in [9.17, 15) is 8.42 Å². The second-order valence-electron chi connectivity index (χ2n) is 8.20. The van der Waals surface area contributed by atoms with Gasteiger partial charge in [-0.25, -0.2) is 13.4 Å². The number of anilines is 4. The Labute approximate surface area is 199 Å². The SMILES string of the molecule is CC(C)S(=O)(=O)c1ccccc1Nc1cc(N/N=C/c2ccc(N(C)C)cc2)nc2ccnn12. The molecule has 0 atom stereocenters. The topological polar surface area (TPSA) is 104 Å². The van der Waals surface area contributed by atoms with Gasteiger partial charge in [0.25, 0.3) is 0 Å². The first-order valence-corrected chi connectivity index (χ1v) is 12.3. The molecule has 4 rings (SSSR count). The Morgan fingerprint density at radius 1 is 1.06 bits per heavy atom. The van der Waals surface area contributed by atoms with Crippen LogP contribution in [0.25, 0.3) is 5.65 Å². The normalized spacial score (nSPS) is 11.9. The van der Waals surface area contributed by atoms with Crippen LogP contribution in [0.15, 0.2) is 76.9 Å². The molecule has 2 aromatic heterocycles. The molecule has 0 aliphatic heterocycles. The summed E-state index contributed by atoms with van der Waals surface area (Å²) in [5.41, 5.74) is 6.05. The Balaban J connectivity index is 1.62. The second-order valence-corrected chi connectivity index (χ2v) is 10.7. The number of sulfone groups is 1. The van der Waals surface area contributed by atoms with Gasteiger partial charge in [0.05, 0.1) is 28.2 Å². The van der Waals surface area contributed by atoms with Crippen LogP contribution in [0.4, 0.5) is 23.0 Å². The van der Waals surface area contributed by atoms with Crippen LogP contribution in [0.5, 0.6) is 0 Å². The van der Waals surface area contributed by atoms with Gasteiger partial charge in [0.15, 0.2) is 21.3 Å². The summed E-state index contributed by atoms with van der Waals surface area (Å²) in [7, 11) is 0.502. The molecule has 0 spiro atoms. The Hall–Kier alpha value is -3.92. The van der Waals surface area contributed by atoms with Gasteiger partial charge in [-0.05, 0) is 43.7 Å². The summed E-state index contributed by atoms with van der Waals surface area (Å²) in [5, 5.41) is 11.3. The van der Waals surface area contributed by atoms with Gasteiger partial charge >= 0.3 is 0 Å². The number of benzene rings is 2. The van der Waals surface area contributed by atoms with Crippen molar-refractivity contribution >= 4 is 44.7 Å². The number of nitrogens with one attached hydrogen (secondary N) is 2. The molecule has 2 N–H and O–H groups in total. The van der Waals surface area contributed by atoms with Crippen molar-refractivity contribution in [2.75, 3.05) is 29.7 Å². The fourth-order valence-electron chi connectivity index (χ4n) is 3.30. The molecule has 0 saturated carbocycles. The van der Waals surface area contributed by atoms with Crippen LogP contribution in [0.2, 0.25) is 0 Å². The molecule has 0 aliphatic rings. The van der Waals surface area contributed by atoms with Gasteiger partial charge in [-0.3, -0.25) is 5.43 Å². The number of aromatic nitrogens is 3. The molecule has 10 heteroatoms. The van der Waals surface area contributed by atoms with E-state index in [1.165, 1.54) is 0 Å². The van der Waals surface area contributed by atoms with E-state index >= 15 is 0 Å². The van der Waals surface area contributed by atoms with Crippen molar-refractivity contribution in [3.8, 4) is 0 Å². The molecule has 0 saturated heterocycles. The molecule has 0 fully saturated rings. The van der Waals surface area contributed by atoms with E-state index in [1.807, 2.05) is 43.3 Å². The highest BCUT2D eigenvalue weighted by molar-refractivity contribution is 7.92. The van der Waals surface area contributed by atoms with Crippen molar-refractivity contribution < 1.29 is 8.42 Å². The minimum Gasteiger partial charge on any atom is -0.378 e. The highest BCUT2D eigenvalue weighted by Crippen LogP contribution is 2.28. The van der Waals surface area contributed by atoms with Crippen molar-refractivity contribution in [2.24, 2.45) is 5.10 Å². The molecule has 0 amide bonds. The highest BCUT2D eigenvalue weighted by atomic mass is 32.2. The van der Waals surface area contributed by atoms with Crippen LogP contribution in [0, 0.1) is 0 Å². The lowest BCUT2D eigenvalue weighted by molar-refractivity contribution is 0.588. The maximum atomic E-state index is 12.8. The predicted octanol–water partition coefficient (Wildman–Crippen LogP) is 4.17. The van der Waals surface area contributed by atoms with E-state index in [0.717, 1.165) is 11.3 Å². The number of hydrogen-bond acceptors (Lipinski definition) is 8. The molecule has 2 aromatic carbocycles. The first-order valence-electron chi connectivity index (χ1n) is 10.8. The molecule has 0 radical (unpaired) electrons. The molecule has 34 heavy (non-hydrogen) atoms. The molecular formula is C24H27N7O2S. The van der Waals surface area contributed by atoms with Gasteiger partial charge in [-0.1, -0.05) is 24.3 Å². The Kier molecular flexibility index (Phi) is 6.51. The number of hydrazone groups is 1. The fourth-order valence-corrected chi connectivity index (χ4v) is 4.50. The van der Waals surface area contributed by atoms with Gasteiger partial charge in [0.1, 0.15) is 5.82 Å². The third kappa shape index (κ3) is 4.86. The number of nitrogens with zero attached hydrogens (tertiary/aromatic N) is 5. The Morgan fingerprint density at radius 2 is 1.79 bits per heavy atom. The third-order valence-electron chi connectivity index (χ3n) is 5.24. The van der Waals surface area contributed by atoms with E-state index in [1.54, 1.807) is 67.2 Å². The van der Waals surface area contributed by atoms with E-state index in [2.05, 4.69) is 25.9 Å². The van der Waals surface area contributed by atoms with E-state index in [0.29, 0.717) is 23.0 Å². The predicted molar refractivity (Wildman–Crippen MR) is 137 cm³/mol. The van der Waals surface area contributed by atoms with Gasteiger partial charge in [-0.2, -0.15) is 14.7 Å². The molecule has 9 nitrogen and oxygen atoms in total. The van der Waals surface area contributed by atoms with Gasteiger partial charge in [0, 0.05) is 31.9 Å². The number of fused-ring (bicyclic) bond motifs is 1. The minimum atomic E-state index is -3.48. The number of hydrogen-bond donors (Lipinski definition) is 2. The molecule has 2 heterocycles. The monoisotopic (exact) mass is 477 g/mol. The highest BCUT2D eigenvalue weighted by Gasteiger charge is 2.23. The lowest BCUT2D eigenvalue weighted by atomic mass is 10.2. The molecule has 0 unspecified atom stereocenters. The van der Waals surface area contributed by atoms with Crippen molar-refractivity contribution in [3.05, 3.63) is 72.4 Å². The molecule has 4 aromatic rings. The van der Waals surface area contributed by atoms with Gasteiger partial charge < -0.3 is 10.2 Å². The zero-order valence-electron chi connectivity index (χ0n) is 19.5. The van der Waals surface area contributed by atoms with Gasteiger partial charge in [0.2, 0.25) is 0 Å². The zero-order valence-corrected chi connectivity index (χ0v) is 20.3. The summed E-state index contributed by atoms with van der Waals surface area (Å²) < 4.78 is 27.3. The van der Waals surface area contributed by atoms with E-state index in [-0.39, 0.29) is 4.90 Å². The number of para-hydroxylation sites is 1. The third-order valence-corrected chi connectivity index (χ3v) is 7.45.